The molecule has 2 aromatic rings. The van der Waals surface area contributed by atoms with Gasteiger partial charge >= 0.3 is 5.97 Å². The largest absolute Gasteiger partial charge is 0.462 e. The molecule has 0 bridgehead atoms. The van der Waals surface area contributed by atoms with Gasteiger partial charge in [-0.3, -0.25) is 4.79 Å². The molecule has 3 N–H and O–H groups in total. The molecule has 1 unspecified atom stereocenters. The Morgan fingerprint density at radius 2 is 1.66 bits per heavy atom. The summed E-state index contributed by atoms with van der Waals surface area (Å²) in [5, 5.41) is 26.6. The van der Waals surface area contributed by atoms with Gasteiger partial charge in [0.25, 0.3) is 0 Å². The molecule has 0 saturated carbocycles. The standard InChI is InChI=1S/C25H32O4.C4H6O2/c1-4-5-6-7-20-8-13-23(14-18(20)2)21-9-11-22(12-10-21)24(16-27)17-29-25(28)19(3)15-26;1-4(2-5)3-6/h8-14,24,26-27H,3-7,15-17H2,1-2H3;2,6H,1,3H2. The van der Waals surface area contributed by atoms with Crippen molar-refractivity contribution in [2.75, 3.05) is 26.4 Å². The van der Waals surface area contributed by atoms with E-state index in [1.165, 1.54) is 36.0 Å². The average molecular weight is 483 g/mol. The number of unbranched alkanes of at least 4 members (excludes halogenated alkanes) is 2. The van der Waals surface area contributed by atoms with E-state index in [2.05, 4.69) is 45.2 Å². The molecule has 0 amide bonds. The van der Waals surface area contributed by atoms with Gasteiger partial charge in [-0.05, 0) is 47.6 Å². The number of esters is 1. The van der Waals surface area contributed by atoms with Crippen LogP contribution in [-0.2, 0) is 20.7 Å². The van der Waals surface area contributed by atoms with Crippen LogP contribution in [0.15, 0.2) is 66.8 Å². The van der Waals surface area contributed by atoms with Crippen molar-refractivity contribution in [1.82, 2.24) is 0 Å². The van der Waals surface area contributed by atoms with Crippen molar-refractivity contribution in [1.29, 1.82) is 0 Å². The highest BCUT2D eigenvalue weighted by molar-refractivity contribution is 5.87. The first-order chi connectivity index (χ1) is 16.8. The molecule has 0 radical (unpaired) electrons. The summed E-state index contributed by atoms with van der Waals surface area (Å²) in [7, 11) is 0. The third-order valence-electron chi connectivity index (χ3n) is 5.59. The van der Waals surface area contributed by atoms with E-state index >= 15 is 0 Å². The van der Waals surface area contributed by atoms with E-state index in [0.717, 1.165) is 17.5 Å². The Kier molecular flexibility index (Phi) is 14.2. The Hall–Kier alpha value is -3.06. The fourth-order valence-corrected chi connectivity index (χ4v) is 3.30. The van der Waals surface area contributed by atoms with Crippen molar-refractivity contribution in [3.05, 3.63) is 83.5 Å². The van der Waals surface area contributed by atoms with Crippen LogP contribution in [0.3, 0.4) is 0 Å². The molecule has 0 heterocycles. The van der Waals surface area contributed by atoms with Gasteiger partial charge in [-0.25, -0.2) is 4.79 Å². The first kappa shape index (κ1) is 30.0. The van der Waals surface area contributed by atoms with Crippen LogP contribution in [0.1, 0.15) is 48.8 Å². The number of benzene rings is 2. The van der Waals surface area contributed by atoms with Crippen LogP contribution < -0.4 is 0 Å². The van der Waals surface area contributed by atoms with Crippen LogP contribution in [0, 0.1) is 6.92 Å². The zero-order valence-electron chi connectivity index (χ0n) is 20.8. The molecule has 0 aliphatic carbocycles. The quantitative estimate of drug-likeness (QED) is 0.170. The van der Waals surface area contributed by atoms with Crippen molar-refractivity contribution in [3.63, 3.8) is 0 Å². The van der Waals surface area contributed by atoms with Gasteiger partial charge in [0.1, 0.15) is 12.9 Å². The fraction of sp³-hybridized carbons (Fsp3) is 0.379. The Balaban J connectivity index is 0.000000905. The second-order valence-corrected chi connectivity index (χ2v) is 8.39. The molecular formula is C29H38O6. The summed E-state index contributed by atoms with van der Waals surface area (Å²) >= 11 is 0. The average Bonchev–Trinajstić information content (AvgIpc) is 2.89. The molecule has 0 aliphatic heterocycles. The van der Waals surface area contributed by atoms with E-state index in [-0.39, 0.29) is 36.9 Å². The Labute approximate surface area is 208 Å². The van der Waals surface area contributed by atoms with E-state index in [4.69, 9.17) is 14.9 Å². The topological polar surface area (TPSA) is 104 Å². The van der Waals surface area contributed by atoms with Crippen molar-refractivity contribution in [3.8, 4) is 11.1 Å². The lowest BCUT2D eigenvalue weighted by molar-refractivity contribution is -0.140. The highest BCUT2D eigenvalue weighted by Crippen LogP contribution is 2.26. The van der Waals surface area contributed by atoms with E-state index in [0.29, 0.717) is 6.29 Å². The van der Waals surface area contributed by atoms with Crippen LogP contribution in [0.2, 0.25) is 0 Å². The van der Waals surface area contributed by atoms with Gasteiger partial charge in [0.05, 0.1) is 25.4 Å². The monoisotopic (exact) mass is 482 g/mol. The summed E-state index contributed by atoms with van der Waals surface area (Å²) in [4.78, 5) is 21.1. The predicted octanol–water partition coefficient (Wildman–Crippen LogP) is 4.30. The number of aliphatic hydroxyl groups excluding tert-OH is 3. The Morgan fingerprint density at radius 1 is 1.00 bits per heavy atom. The van der Waals surface area contributed by atoms with E-state index < -0.39 is 12.6 Å². The van der Waals surface area contributed by atoms with Crippen LogP contribution in [0.4, 0.5) is 0 Å². The van der Waals surface area contributed by atoms with Gasteiger partial charge < -0.3 is 20.1 Å². The molecule has 0 aliphatic rings. The van der Waals surface area contributed by atoms with E-state index in [1.54, 1.807) is 0 Å². The second kappa shape index (κ2) is 16.5. The SMILES string of the molecule is C=C(C=O)CO.C=C(CO)C(=O)OCC(CO)c1ccc(-c2ccc(CCCCC)c(C)c2)cc1. The number of hydrogen-bond donors (Lipinski definition) is 3. The number of carbonyl (C=O) groups is 2. The molecule has 0 fully saturated rings. The lowest BCUT2D eigenvalue weighted by atomic mass is 9.94. The van der Waals surface area contributed by atoms with Gasteiger partial charge in [0.2, 0.25) is 0 Å². The minimum absolute atomic E-state index is 0.00514. The molecule has 190 valence electrons. The molecule has 2 aromatic carbocycles. The van der Waals surface area contributed by atoms with Crippen LogP contribution in [-0.4, -0.2) is 54.0 Å². The number of aliphatic hydroxyl groups is 3. The van der Waals surface area contributed by atoms with E-state index in [1.807, 2.05) is 24.3 Å². The minimum atomic E-state index is -0.642. The van der Waals surface area contributed by atoms with Gasteiger partial charge in [-0.1, -0.05) is 75.4 Å². The van der Waals surface area contributed by atoms with Crippen molar-refractivity contribution in [2.45, 2.75) is 45.4 Å². The Morgan fingerprint density at radius 3 is 2.14 bits per heavy atom. The van der Waals surface area contributed by atoms with Crippen LogP contribution in [0.5, 0.6) is 0 Å². The molecule has 35 heavy (non-hydrogen) atoms. The molecule has 2 rings (SSSR count). The molecular weight excluding hydrogens is 444 g/mol. The molecule has 1 atom stereocenters. The Bertz CT molecular complexity index is 962. The van der Waals surface area contributed by atoms with Gasteiger partial charge in [0, 0.05) is 11.5 Å². The summed E-state index contributed by atoms with van der Waals surface area (Å²) in [5.41, 5.74) is 6.11. The zero-order chi connectivity index (χ0) is 26.2. The number of ether oxygens (including phenoxy) is 1. The maximum Gasteiger partial charge on any atom is 0.335 e. The molecule has 6 heteroatoms. The molecule has 6 nitrogen and oxygen atoms in total. The van der Waals surface area contributed by atoms with Gasteiger partial charge in [0.15, 0.2) is 0 Å². The summed E-state index contributed by atoms with van der Waals surface area (Å²) in [6, 6.07) is 14.6. The van der Waals surface area contributed by atoms with Crippen molar-refractivity contribution in [2.24, 2.45) is 0 Å². The molecule has 0 spiro atoms. The minimum Gasteiger partial charge on any atom is -0.462 e. The van der Waals surface area contributed by atoms with Crippen LogP contribution >= 0.6 is 0 Å². The lowest BCUT2D eigenvalue weighted by Gasteiger charge is -2.16. The summed E-state index contributed by atoms with van der Waals surface area (Å²) in [6.45, 7) is 10.2. The van der Waals surface area contributed by atoms with E-state index in [9.17, 15) is 14.7 Å². The summed E-state index contributed by atoms with van der Waals surface area (Å²) in [5.74, 6) is -0.959. The second-order valence-electron chi connectivity index (χ2n) is 8.39. The first-order valence-electron chi connectivity index (χ1n) is 11.8. The number of rotatable bonds is 13. The first-order valence-corrected chi connectivity index (χ1v) is 11.8. The third kappa shape index (κ3) is 10.4. The lowest BCUT2D eigenvalue weighted by Crippen LogP contribution is -2.17. The summed E-state index contributed by atoms with van der Waals surface area (Å²) in [6.07, 6.45) is 5.37. The van der Waals surface area contributed by atoms with Crippen molar-refractivity contribution >= 4 is 12.3 Å². The molecule has 0 aromatic heterocycles. The number of carbonyl (C=O) groups excluding carboxylic acids is 2. The number of aryl methyl sites for hydroxylation is 2. The highest BCUT2D eigenvalue weighted by Gasteiger charge is 2.15. The van der Waals surface area contributed by atoms with Crippen molar-refractivity contribution < 1.29 is 29.6 Å². The van der Waals surface area contributed by atoms with Gasteiger partial charge in [-0.2, -0.15) is 0 Å². The maximum absolute atomic E-state index is 11.6. The predicted molar refractivity (Wildman–Crippen MR) is 139 cm³/mol. The van der Waals surface area contributed by atoms with Gasteiger partial charge in [-0.15, -0.1) is 0 Å². The highest BCUT2D eigenvalue weighted by atomic mass is 16.5. The zero-order valence-corrected chi connectivity index (χ0v) is 20.8. The fourth-order valence-electron chi connectivity index (χ4n) is 3.30. The van der Waals surface area contributed by atoms with Crippen LogP contribution in [0.25, 0.3) is 11.1 Å². The smallest absolute Gasteiger partial charge is 0.335 e. The number of hydrogen-bond acceptors (Lipinski definition) is 6. The molecule has 0 saturated heterocycles. The summed E-state index contributed by atoms with van der Waals surface area (Å²) < 4.78 is 5.13. The normalized spacial score (nSPS) is 11.1. The maximum atomic E-state index is 11.6. The number of aldehydes is 1. The third-order valence-corrected chi connectivity index (χ3v) is 5.59.